The summed E-state index contributed by atoms with van der Waals surface area (Å²) in [6.07, 6.45) is 0. The van der Waals surface area contributed by atoms with E-state index in [9.17, 15) is 0 Å². The zero-order chi connectivity index (χ0) is 8.08. The van der Waals surface area contributed by atoms with Gasteiger partial charge in [0.05, 0.1) is 14.9 Å². The summed E-state index contributed by atoms with van der Waals surface area (Å²) < 4.78 is 32.7. The number of rotatable bonds is 0. The van der Waals surface area contributed by atoms with Crippen molar-refractivity contribution >= 4 is 0 Å². The van der Waals surface area contributed by atoms with Crippen LogP contribution in [0.5, 0.6) is 0 Å². The predicted octanol–water partition coefficient (Wildman–Crippen LogP) is -5.30. The van der Waals surface area contributed by atoms with Crippen molar-refractivity contribution in [2.75, 3.05) is 0 Å². The van der Waals surface area contributed by atoms with E-state index in [1.807, 2.05) is 0 Å². The van der Waals surface area contributed by atoms with Gasteiger partial charge in [0.1, 0.15) is 0 Å². The third kappa shape index (κ3) is 572. The lowest BCUT2D eigenvalue weighted by Gasteiger charge is -2.03. The molecule has 0 unspecified atom stereocenters. The average molecular weight is 181 g/mol. The Balaban J connectivity index is -0.0000000910. The fourth-order valence-corrected chi connectivity index (χ4v) is 0. The monoisotopic (exact) mass is 181 g/mol. The van der Waals surface area contributed by atoms with Gasteiger partial charge in [0.25, 0.3) is 5.09 Å². The molecule has 0 spiro atoms. The van der Waals surface area contributed by atoms with Crippen LogP contribution in [-0.4, -0.2) is 20.4 Å². The van der Waals surface area contributed by atoms with E-state index in [4.69, 9.17) is 34.0 Å². The molecule has 9 nitrogen and oxygen atoms in total. The number of nitrogens with zero attached hydrogens (tertiary/aromatic N) is 1. The van der Waals surface area contributed by atoms with E-state index < -0.39 is 15.3 Å². The summed E-state index contributed by atoms with van der Waals surface area (Å²) in [7, 11) is -4.69. The maximum absolute atomic E-state index is 8.60. The van der Waals surface area contributed by atoms with Crippen molar-refractivity contribution in [3.63, 3.8) is 0 Å². The topological polar surface area (TPSA) is 184 Å². The fraction of sp³-hybridized carbons (Fsp3) is 0. The van der Waals surface area contributed by atoms with Crippen LogP contribution in [0.2, 0.25) is 0 Å². The molecule has 0 fully saturated rings. The van der Waals surface area contributed by atoms with E-state index >= 15 is 0 Å². The zero-order valence-corrected chi connectivity index (χ0v) is 5.02. The van der Waals surface area contributed by atoms with Crippen molar-refractivity contribution in [3.8, 4) is 0 Å². The van der Waals surface area contributed by atoms with Crippen LogP contribution in [0.25, 0.3) is 0 Å². The molecule has 0 aromatic carbocycles. The summed E-state index contributed by atoms with van der Waals surface area (Å²) in [5.41, 5.74) is 0. The first-order valence-electron chi connectivity index (χ1n) is 1.20. The quantitative estimate of drug-likeness (QED) is 0.276. The third-order valence-corrected chi connectivity index (χ3v) is 0. The van der Waals surface area contributed by atoms with Crippen LogP contribution in [0.1, 0.15) is 0 Å². The molecule has 0 aliphatic heterocycles. The minimum absolute atomic E-state index is 0. The van der Waals surface area contributed by atoms with Gasteiger partial charge in [-0.3, -0.25) is 0 Å². The summed E-state index contributed by atoms with van der Waals surface area (Å²) in [4.78, 5) is 8.36. The molecule has 10 heavy (non-hydrogen) atoms. The molecule has 0 radical (unpaired) electrons. The van der Waals surface area contributed by atoms with Crippen molar-refractivity contribution in [2.45, 2.75) is 0 Å². The molecule has 10 heteroatoms. The molecule has 0 aliphatic carbocycles. The van der Waals surface area contributed by atoms with E-state index in [-0.39, 0.29) is 5.48 Å². The first-order chi connectivity index (χ1) is 3.73. The van der Waals surface area contributed by atoms with Crippen molar-refractivity contribution in [1.29, 1.82) is 0 Å². The molecule has 0 amide bonds. The normalized spacial score (nSPS) is 8.40. The van der Waals surface area contributed by atoms with Crippen LogP contribution in [-0.2, 0) is 0 Å². The molecule has 0 saturated carbocycles. The smallest absolute Gasteiger partial charge is 0.291 e. The van der Waals surface area contributed by atoms with Gasteiger partial charge in [-0.25, -0.2) is 0 Å². The van der Waals surface area contributed by atoms with E-state index in [1.165, 1.54) is 0 Å². The third-order valence-electron chi connectivity index (χ3n) is 0. The molecular weight excluding hydrogens is 177 g/mol. The lowest BCUT2D eigenvalue weighted by atomic mass is 13.1. The van der Waals surface area contributed by atoms with Crippen molar-refractivity contribution in [1.82, 2.24) is 0 Å². The van der Waals surface area contributed by atoms with Gasteiger partial charge in [0.15, 0.2) is 0 Å². The minimum Gasteiger partial charge on any atom is -0.412 e. The molecule has 0 aliphatic rings. The second-order valence-corrected chi connectivity index (χ2v) is 1.43. The second kappa shape index (κ2) is 6.41. The maximum atomic E-state index is 8.60. The Bertz CT molecular complexity index is 71.7. The highest BCUT2D eigenvalue weighted by Gasteiger charge is 1.98. The highest BCUT2D eigenvalue weighted by molar-refractivity contribution is 3.83. The van der Waals surface area contributed by atoms with Gasteiger partial charge in [-0.1, -0.05) is 0 Å². The van der Waals surface area contributed by atoms with Gasteiger partial charge in [0.2, 0.25) is 0 Å². The van der Waals surface area contributed by atoms with Crippen molar-refractivity contribution in [2.24, 2.45) is 0 Å². The summed E-state index contributed by atoms with van der Waals surface area (Å²) in [6.45, 7) is 0. The van der Waals surface area contributed by atoms with Crippen molar-refractivity contribution in [3.05, 3.63) is 10.1 Å². The number of hydrogen-bond acceptors (Lipinski definition) is 6. The molecule has 0 heterocycles. The molecule has 0 aromatic rings. The fourth-order valence-electron chi connectivity index (χ4n) is 0. The lowest BCUT2D eigenvalue weighted by molar-refractivity contribution is -1.92. The predicted molar refractivity (Wildman–Crippen MR) is 14.6 cm³/mol. The van der Waals surface area contributed by atoms with E-state index in [1.54, 1.807) is 0 Å². The Morgan fingerprint density at radius 2 is 1.30 bits per heavy atom. The molecule has 0 bridgehead atoms. The Morgan fingerprint density at radius 1 is 1.30 bits per heavy atom. The van der Waals surface area contributed by atoms with Crippen LogP contribution in [0.4, 0.5) is 0 Å². The molecular formula is H4ClNO8. The van der Waals surface area contributed by atoms with E-state index in [2.05, 4.69) is 0 Å². The number of halogens is 1. The van der Waals surface area contributed by atoms with E-state index in [0.29, 0.717) is 0 Å². The maximum Gasteiger partial charge on any atom is 0.291 e. The summed E-state index contributed by atoms with van der Waals surface area (Å²) >= 11 is 0. The van der Waals surface area contributed by atoms with Crippen LogP contribution >= 0.6 is 0 Å². The van der Waals surface area contributed by atoms with Crippen LogP contribution in [0, 0.1) is 20.4 Å². The Labute approximate surface area is 55.9 Å². The minimum atomic E-state index is -4.69. The molecule has 0 aromatic heterocycles. The largest absolute Gasteiger partial charge is 0.412 e. The lowest BCUT2D eigenvalue weighted by Crippen LogP contribution is -2.58. The molecule has 64 valence electrons. The SMILES string of the molecule is O.O=[N+]([O-])O.[O-][Cl+3]([O-])([O-])O. The van der Waals surface area contributed by atoms with Crippen molar-refractivity contribution < 1.29 is 44.6 Å². The Morgan fingerprint density at radius 3 is 1.30 bits per heavy atom. The van der Waals surface area contributed by atoms with Crippen LogP contribution in [0.3, 0.4) is 0 Å². The van der Waals surface area contributed by atoms with E-state index in [0.717, 1.165) is 0 Å². The van der Waals surface area contributed by atoms with Crippen LogP contribution < -0.4 is 14.0 Å². The molecule has 0 rings (SSSR count). The van der Waals surface area contributed by atoms with Gasteiger partial charge < -0.3 is 10.7 Å². The Hall–Kier alpha value is -0.710. The molecule has 4 N–H and O–H groups in total. The summed E-state index contributed by atoms with van der Waals surface area (Å²) in [5, 5.41) is 13.6. The van der Waals surface area contributed by atoms with Gasteiger partial charge in [-0.15, -0.1) is 10.1 Å². The molecule has 0 atom stereocenters. The van der Waals surface area contributed by atoms with Gasteiger partial charge in [-0.05, 0) is 0 Å². The average Bonchev–Trinajstić information content (AvgIpc) is 1.19. The first-order valence-corrected chi connectivity index (χ1v) is 2.46. The summed E-state index contributed by atoms with van der Waals surface area (Å²) in [6, 6.07) is 0. The standard InChI is InChI=1S/ClHO4.HNO3.H2O/c2-1(3,4)5;2-1(3)4;/h(H,2,3,4,5);(H,2,3,4);1H2. The Kier molecular flexibility index (Phi) is 10.3. The van der Waals surface area contributed by atoms with Gasteiger partial charge >= 0.3 is 0 Å². The van der Waals surface area contributed by atoms with Gasteiger partial charge in [-0.2, -0.15) is 14.0 Å². The highest BCUT2D eigenvalue weighted by Crippen LogP contribution is 1.60. The highest BCUT2D eigenvalue weighted by atomic mass is 35.7. The number of hydrogen-bond donors (Lipinski definition) is 2. The zero-order valence-electron chi connectivity index (χ0n) is 4.26. The first kappa shape index (κ1) is 16.1. The van der Waals surface area contributed by atoms with Gasteiger partial charge in [0, 0.05) is 0 Å². The second-order valence-electron chi connectivity index (χ2n) is 0.634. The summed E-state index contributed by atoms with van der Waals surface area (Å²) in [5.74, 6) is 0. The molecule has 0 saturated heterocycles. The van der Waals surface area contributed by atoms with Crippen LogP contribution in [0.15, 0.2) is 0 Å².